The third-order valence-electron chi connectivity index (χ3n) is 5.74. The van der Waals surface area contributed by atoms with Crippen LogP contribution in [0.1, 0.15) is 43.3 Å². The Bertz CT molecular complexity index is 1020. The molecule has 3 aromatic rings. The number of nitrogens with zero attached hydrogens (tertiary/aromatic N) is 5. The lowest BCUT2D eigenvalue weighted by molar-refractivity contribution is -0.117. The Balaban J connectivity index is 1.39. The number of benzene rings is 2. The Morgan fingerprint density at radius 3 is 2.67 bits per heavy atom. The van der Waals surface area contributed by atoms with Gasteiger partial charge in [-0.05, 0) is 41.0 Å². The highest BCUT2D eigenvalue weighted by molar-refractivity contribution is 7.99. The smallest absolute Gasteiger partial charge is 0.238 e. The van der Waals surface area contributed by atoms with Crippen LogP contribution in [0.3, 0.4) is 0 Å². The number of fused-ring (bicyclic) bond motifs is 1. The number of amides is 1. The SMILES string of the molecule is O=C(CSc1nnnn1C1CCCC1)N1c2ccccc2OCC1c1ccccc1. The van der Waals surface area contributed by atoms with Gasteiger partial charge in [-0.3, -0.25) is 9.69 Å². The van der Waals surface area contributed by atoms with Gasteiger partial charge in [-0.25, -0.2) is 4.68 Å². The predicted octanol–water partition coefficient (Wildman–Crippen LogP) is 4.05. The van der Waals surface area contributed by atoms with Crippen molar-refractivity contribution in [2.24, 2.45) is 0 Å². The Morgan fingerprint density at radius 2 is 1.83 bits per heavy atom. The number of carbonyl (C=O) groups is 1. The standard InChI is InChI=1S/C22H23N5O2S/c28-21(15-30-22-23-24-25-27(22)17-10-4-5-11-17)26-18-12-6-7-13-20(18)29-14-19(26)16-8-2-1-3-9-16/h1-3,6-9,12-13,17,19H,4-5,10-11,14-15H2. The maximum atomic E-state index is 13.4. The van der Waals surface area contributed by atoms with Crippen molar-refractivity contribution in [3.05, 3.63) is 60.2 Å². The van der Waals surface area contributed by atoms with E-state index in [1.165, 1.54) is 24.6 Å². The molecule has 1 aromatic heterocycles. The molecule has 8 heteroatoms. The monoisotopic (exact) mass is 421 g/mol. The van der Waals surface area contributed by atoms with Gasteiger partial charge >= 0.3 is 0 Å². The molecular weight excluding hydrogens is 398 g/mol. The summed E-state index contributed by atoms with van der Waals surface area (Å²) >= 11 is 1.41. The topological polar surface area (TPSA) is 73.1 Å². The summed E-state index contributed by atoms with van der Waals surface area (Å²) in [6.07, 6.45) is 4.60. The van der Waals surface area contributed by atoms with Crippen LogP contribution < -0.4 is 9.64 Å². The van der Waals surface area contributed by atoms with Gasteiger partial charge < -0.3 is 4.74 Å². The molecule has 1 saturated carbocycles. The van der Waals surface area contributed by atoms with Crippen LogP contribution in [0.2, 0.25) is 0 Å². The molecule has 2 aromatic carbocycles. The van der Waals surface area contributed by atoms with Crippen LogP contribution in [0.25, 0.3) is 0 Å². The number of rotatable bonds is 5. The average molecular weight is 422 g/mol. The van der Waals surface area contributed by atoms with E-state index in [0.717, 1.165) is 29.8 Å². The van der Waals surface area contributed by atoms with Gasteiger partial charge in [-0.15, -0.1) is 5.10 Å². The number of para-hydroxylation sites is 2. The fourth-order valence-electron chi connectivity index (χ4n) is 4.27. The minimum Gasteiger partial charge on any atom is -0.489 e. The first kappa shape index (κ1) is 19.1. The van der Waals surface area contributed by atoms with Gasteiger partial charge in [-0.2, -0.15) is 0 Å². The summed E-state index contributed by atoms with van der Waals surface area (Å²) in [6.45, 7) is 0.428. The fourth-order valence-corrected chi connectivity index (χ4v) is 5.08. The van der Waals surface area contributed by atoms with Crippen molar-refractivity contribution in [3.63, 3.8) is 0 Å². The lowest BCUT2D eigenvalue weighted by Gasteiger charge is -2.37. The third-order valence-corrected chi connectivity index (χ3v) is 6.66. The largest absolute Gasteiger partial charge is 0.489 e. The molecule has 0 N–H and O–H groups in total. The Kier molecular flexibility index (Phi) is 5.40. The second kappa shape index (κ2) is 8.47. The second-order valence-electron chi connectivity index (χ2n) is 7.60. The van der Waals surface area contributed by atoms with Crippen molar-refractivity contribution in [2.45, 2.75) is 42.9 Å². The van der Waals surface area contributed by atoms with Crippen LogP contribution in [-0.2, 0) is 4.79 Å². The van der Waals surface area contributed by atoms with Crippen molar-refractivity contribution in [1.82, 2.24) is 20.2 Å². The molecule has 30 heavy (non-hydrogen) atoms. The Labute approximate surface area is 179 Å². The van der Waals surface area contributed by atoms with Crippen LogP contribution in [0.4, 0.5) is 5.69 Å². The highest BCUT2D eigenvalue weighted by atomic mass is 32.2. The van der Waals surface area contributed by atoms with Crippen LogP contribution in [0, 0.1) is 0 Å². The third kappa shape index (κ3) is 3.67. The molecule has 1 fully saturated rings. The van der Waals surface area contributed by atoms with Crippen LogP contribution in [-0.4, -0.2) is 38.5 Å². The van der Waals surface area contributed by atoms with Crippen LogP contribution >= 0.6 is 11.8 Å². The molecule has 2 aliphatic rings. The summed E-state index contributed by atoms with van der Waals surface area (Å²) in [5.41, 5.74) is 1.86. The molecule has 0 spiro atoms. The van der Waals surface area contributed by atoms with E-state index in [-0.39, 0.29) is 17.7 Å². The molecule has 0 bridgehead atoms. The summed E-state index contributed by atoms with van der Waals surface area (Å²) in [5.74, 6) is 1.02. The quantitative estimate of drug-likeness (QED) is 0.579. The number of carbonyl (C=O) groups excluding carboxylic acids is 1. The van der Waals surface area contributed by atoms with Gasteiger partial charge in [0.05, 0.1) is 23.5 Å². The number of aromatic nitrogens is 4. The van der Waals surface area contributed by atoms with Crippen molar-refractivity contribution < 1.29 is 9.53 Å². The summed E-state index contributed by atoms with van der Waals surface area (Å²) in [5, 5.41) is 12.9. The van der Waals surface area contributed by atoms with E-state index >= 15 is 0 Å². The van der Waals surface area contributed by atoms with Gasteiger partial charge in [-0.1, -0.05) is 67.1 Å². The van der Waals surface area contributed by atoms with E-state index in [0.29, 0.717) is 17.8 Å². The maximum absolute atomic E-state index is 13.4. The minimum atomic E-state index is -0.167. The average Bonchev–Trinajstić information content (AvgIpc) is 3.49. The molecule has 1 aliphatic carbocycles. The highest BCUT2D eigenvalue weighted by Gasteiger charge is 2.33. The minimum absolute atomic E-state index is 0.0191. The van der Waals surface area contributed by atoms with Crippen LogP contribution in [0.15, 0.2) is 59.8 Å². The lowest BCUT2D eigenvalue weighted by Crippen LogP contribution is -2.42. The highest BCUT2D eigenvalue weighted by Crippen LogP contribution is 2.40. The van der Waals surface area contributed by atoms with E-state index in [9.17, 15) is 4.79 Å². The number of ether oxygens (including phenoxy) is 1. The number of hydrogen-bond donors (Lipinski definition) is 0. The summed E-state index contributed by atoms with van der Waals surface area (Å²) in [6, 6.07) is 17.9. The van der Waals surface area contributed by atoms with Crippen molar-refractivity contribution >= 4 is 23.4 Å². The number of tetrazole rings is 1. The van der Waals surface area contributed by atoms with Crippen molar-refractivity contribution in [1.29, 1.82) is 0 Å². The van der Waals surface area contributed by atoms with E-state index in [1.54, 1.807) is 0 Å². The molecular formula is C22H23N5O2S. The van der Waals surface area contributed by atoms with Gasteiger partial charge in [0, 0.05) is 0 Å². The first-order valence-corrected chi connectivity index (χ1v) is 11.3. The molecule has 2 heterocycles. The summed E-state index contributed by atoms with van der Waals surface area (Å²) < 4.78 is 7.87. The van der Waals surface area contributed by atoms with Crippen LogP contribution in [0.5, 0.6) is 5.75 Å². The zero-order chi connectivity index (χ0) is 20.3. The zero-order valence-electron chi connectivity index (χ0n) is 16.6. The normalized spacial score (nSPS) is 18.8. The van der Waals surface area contributed by atoms with E-state index in [1.807, 2.05) is 64.2 Å². The summed E-state index contributed by atoms with van der Waals surface area (Å²) in [7, 11) is 0. The van der Waals surface area contributed by atoms with Gasteiger partial charge in [0.15, 0.2) is 0 Å². The van der Waals surface area contributed by atoms with E-state index in [4.69, 9.17) is 4.74 Å². The molecule has 0 radical (unpaired) electrons. The molecule has 1 amide bonds. The van der Waals surface area contributed by atoms with Gasteiger partial charge in [0.2, 0.25) is 11.1 Å². The molecule has 1 atom stereocenters. The molecule has 0 saturated heterocycles. The summed E-state index contributed by atoms with van der Waals surface area (Å²) in [4.78, 5) is 15.3. The Hall–Kier alpha value is -2.87. The van der Waals surface area contributed by atoms with E-state index < -0.39 is 0 Å². The molecule has 1 aliphatic heterocycles. The predicted molar refractivity (Wildman–Crippen MR) is 115 cm³/mol. The first-order chi connectivity index (χ1) is 14.8. The van der Waals surface area contributed by atoms with Crippen molar-refractivity contribution in [2.75, 3.05) is 17.3 Å². The van der Waals surface area contributed by atoms with Gasteiger partial charge in [0.1, 0.15) is 12.4 Å². The van der Waals surface area contributed by atoms with Crippen molar-refractivity contribution in [3.8, 4) is 5.75 Å². The number of anilines is 1. The zero-order valence-corrected chi connectivity index (χ0v) is 17.4. The molecule has 1 unspecified atom stereocenters. The Morgan fingerprint density at radius 1 is 1.07 bits per heavy atom. The molecule has 154 valence electrons. The van der Waals surface area contributed by atoms with Gasteiger partial charge in [0.25, 0.3) is 0 Å². The number of thioether (sulfide) groups is 1. The fraction of sp³-hybridized carbons (Fsp3) is 0.364. The lowest BCUT2D eigenvalue weighted by atomic mass is 10.0. The molecule has 7 nitrogen and oxygen atoms in total. The van der Waals surface area contributed by atoms with E-state index in [2.05, 4.69) is 15.5 Å². The second-order valence-corrected chi connectivity index (χ2v) is 8.54. The molecule has 5 rings (SSSR count). The first-order valence-electron chi connectivity index (χ1n) is 10.3. The maximum Gasteiger partial charge on any atom is 0.238 e. The number of hydrogen-bond acceptors (Lipinski definition) is 6.